The molecule has 1 heterocycles. The second-order valence-electron chi connectivity index (χ2n) is 7.19. The molecule has 0 aliphatic carbocycles. The van der Waals surface area contributed by atoms with Crippen molar-refractivity contribution in [2.24, 2.45) is 0 Å². The molecule has 5 rings (SSSR count). The molecule has 0 fully saturated rings. The molecule has 0 amide bonds. The zero-order valence-corrected chi connectivity index (χ0v) is 19.5. The Kier molecular flexibility index (Phi) is 5.20. The highest BCUT2D eigenvalue weighted by molar-refractivity contribution is 9.10. The molecule has 1 N–H and O–H groups in total. The maximum Gasteiger partial charge on any atom is 0.475 e. The molecular weight excluding hydrogens is 539 g/mol. The van der Waals surface area contributed by atoms with Gasteiger partial charge in [0.25, 0.3) is 0 Å². The molecule has 0 radical (unpaired) electrons. The lowest BCUT2D eigenvalue weighted by molar-refractivity contribution is -0.0384. The van der Waals surface area contributed by atoms with Crippen molar-refractivity contribution < 1.29 is 17.4 Å². The van der Waals surface area contributed by atoms with E-state index in [0.29, 0.717) is 59.0 Å². The fraction of sp³-hybridized carbons (Fsp3) is 0.0435. The van der Waals surface area contributed by atoms with Crippen molar-refractivity contribution in [1.82, 2.24) is 9.97 Å². The first-order valence-electron chi connectivity index (χ1n) is 9.41. The smallest absolute Gasteiger partial charge is 0.337 e. The summed E-state index contributed by atoms with van der Waals surface area (Å²) >= 11 is 9.66. The Balaban J connectivity index is 1.90. The quantitative estimate of drug-likeness (QED) is 0.233. The van der Waals surface area contributed by atoms with Crippen molar-refractivity contribution in [3.05, 3.63) is 69.7 Å². The van der Waals surface area contributed by atoms with Crippen LogP contribution in [0.1, 0.15) is 5.56 Å². The van der Waals surface area contributed by atoms with Crippen LogP contribution in [0.15, 0.2) is 64.0 Å². The van der Waals surface area contributed by atoms with Crippen molar-refractivity contribution in [3.8, 4) is 17.5 Å². The summed E-state index contributed by atoms with van der Waals surface area (Å²) in [6.45, 7) is 0. The SMILES string of the molecule is N#Cc1cccc(Br)c1-c1nc2c3ccc(Cl)cc3c3cc(S(=O)C(F)(F)F)ccc3c2[nH]1. The van der Waals surface area contributed by atoms with Gasteiger partial charge in [0.15, 0.2) is 10.8 Å². The van der Waals surface area contributed by atoms with E-state index < -0.39 is 16.3 Å². The molecule has 4 nitrogen and oxygen atoms in total. The maximum atomic E-state index is 13.1. The van der Waals surface area contributed by atoms with Crippen LogP contribution < -0.4 is 0 Å². The number of hydrogen-bond acceptors (Lipinski definition) is 3. The number of aromatic amines is 1. The van der Waals surface area contributed by atoms with Gasteiger partial charge < -0.3 is 4.98 Å². The minimum atomic E-state index is -4.88. The van der Waals surface area contributed by atoms with Gasteiger partial charge in [-0.2, -0.15) is 18.4 Å². The van der Waals surface area contributed by atoms with Gasteiger partial charge in [0, 0.05) is 30.7 Å². The van der Waals surface area contributed by atoms with E-state index >= 15 is 0 Å². The van der Waals surface area contributed by atoms with Crippen molar-refractivity contribution in [1.29, 1.82) is 5.26 Å². The summed E-state index contributed by atoms with van der Waals surface area (Å²) < 4.78 is 51.9. The van der Waals surface area contributed by atoms with E-state index in [-0.39, 0.29) is 4.90 Å². The fourth-order valence-electron chi connectivity index (χ4n) is 3.90. The largest absolute Gasteiger partial charge is 0.475 e. The van der Waals surface area contributed by atoms with Crippen molar-refractivity contribution in [2.45, 2.75) is 10.4 Å². The Morgan fingerprint density at radius 3 is 2.48 bits per heavy atom. The number of aromatic nitrogens is 2. The van der Waals surface area contributed by atoms with Crippen LogP contribution in [0.25, 0.3) is 44.0 Å². The number of imidazole rings is 1. The van der Waals surface area contributed by atoms with Crippen LogP contribution >= 0.6 is 27.5 Å². The van der Waals surface area contributed by atoms with Gasteiger partial charge in [0.05, 0.1) is 22.7 Å². The number of fused-ring (bicyclic) bond motifs is 6. The van der Waals surface area contributed by atoms with Crippen molar-refractivity contribution in [3.63, 3.8) is 0 Å². The minimum Gasteiger partial charge on any atom is -0.337 e. The molecule has 1 atom stereocenters. The van der Waals surface area contributed by atoms with Gasteiger partial charge in [-0.15, -0.1) is 0 Å². The number of rotatable bonds is 2. The van der Waals surface area contributed by atoms with E-state index in [4.69, 9.17) is 16.6 Å². The van der Waals surface area contributed by atoms with Gasteiger partial charge >= 0.3 is 5.51 Å². The highest BCUT2D eigenvalue weighted by atomic mass is 79.9. The van der Waals surface area contributed by atoms with Gasteiger partial charge in [0.1, 0.15) is 5.82 Å². The van der Waals surface area contributed by atoms with Crippen molar-refractivity contribution in [2.75, 3.05) is 0 Å². The van der Waals surface area contributed by atoms with Crippen LogP contribution in [0.3, 0.4) is 0 Å². The summed E-state index contributed by atoms with van der Waals surface area (Å²) in [5.74, 6) is 0.431. The van der Waals surface area contributed by atoms with E-state index in [2.05, 4.69) is 27.0 Å². The van der Waals surface area contributed by atoms with Gasteiger partial charge in [-0.25, -0.2) is 9.19 Å². The third-order valence-corrected chi connectivity index (χ3v) is 7.28. The standard InChI is InChI=1S/C23H10BrClF3N3OS/c24-18-3-1-2-11(10-29)19(18)22-30-20-14-6-4-12(25)8-16(14)17-9-13(33(32)23(26,27)28)5-7-15(17)21(20)31-22/h1-9H,(H,30,31). The van der Waals surface area contributed by atoms with E-state index in [1.807, 2.05) is 0 Å². The van der Waals surface area contributed by atoms with Gasteiger partial charge in [-0.3, -0.25) is 0 Å². The third-order valence-electron chi connectivity index (χ3n) is 5.29. The zero-order chi connectivity index (χ0) is 23.5. The lowest BCUT2D eigenvalue weighted by Gasteiger charge is -2.10. The molecule has 0 aliphatic rings. The normalized spacial score (nSPS) is 13.0. The minimum absolute atomic E-state index is 0.354. The monoisotopic (exact) mass is 547 g/mol. The topological polar surface area (TPSA) is 69.5 Å². The Hall–Kier alpha value is -2.93. The molecule has 0 spiro atoms. The molecule has 0 bridgehead atoms. The second kappa shape index (κ2) is 7.83. The fourth-order valence-corrected chi connectivity index (χ4v) is 5.31. The molecule has 1 unspecified atom stereocenters. The van der Waals surface area contributed by atoms with Crippen LogP contribution in [-0.2, 0) is 10.8 Å². The molecule has 164 valence electrons. The van der Waals surface area contributed by atoms with Crippen LogP contribution in [0, 0.1) is 11.3 Å². The summed E-state index contributed by atoms with van der Waals surface area (Å²) in [7, 11) is -3.17. The Morgan fingerprint density at radius 2 is 1.76 bits per heavy atom. The molecule has 10 heteroatoms. The van der Waals surface area contributed by atoms with Crippen LogP contribution in [-0.4, -0.2) is 19.7 Å². The number of H-pyrrole nitrogens is 1. The lowest BCUT2D eigenvalue weighted by Crippen LogP contribution is -2.16. The summed E-state index contributed by atoms with van der Waals surface area (Å²) in [5, 5.41) is 12.2. The summed E-state index contributed by atoms with van der Waals surface area (Å²) in [4.78, 5) is 7.62. The molecule has 4 aromatic carbocycles. The molecule has 1 aromatic heterocycles. The third kappa shape index (κ3) is 3.59. The highest BCUT2D eigenvalue weighted by Gasteiger charge is 2.38. The first kappa shape index (κ1) is 21.9. The Labute approximate surface area is 200 Å². The summed E-state index contributed by atoms with van der Waals surface area (Å²) in [5.41, 5.74) is -2.74. The molecule has 0 saturated heterocycles. The number of alkyl halides is 3. The zero-order valence-electron chi connectivity index (χ0n) is 16.3. The number of nitrogens with zero attached hydrogens (tertiary/aromatic N) is 2. The Bertz CT molecular complexity index is 1670. The predicted octanol–water partition coefficient (Wildman–Crippen LogP) is 7.45. The number of hydrogen-bond donors (Lipinski definition) is 1. The first-order valence-corrected chi connectivity index (χ1v) is 11.7. The highest BCUT2D eigenvalue weighted by Crippen LogP contribution is 2.39. The Morgan fingerprint density at radius 1 is 1.03 bits per heavy atom. The van der Waals surface area contributed by atoms with Gasteiger partial charge in [-0.1, -0.05) is 29.8 Å². The molecule has 5 aromatic rings. The summed E-state index contributed by atoms with van der Waals surface area (Å²) in [6, 6.07) is 16.4. The molecule has 0 saturated carbocycles. The lowest BCUT2D eigenvalue weighted by atomic mass is 10.00. The van der Waals surface area contributed by atoms with E-state index in [9.17, 15) is 22.6 Å². The average molecular weight is 549 g/mol. The molecule has 33 heavy (non-hydrogen) atoms. The number of halogens is 5. The summed E-state index contributed by atoms with van der Waals surface area (Å²) in [6.07, 6.45) is 0. The predicted molar refractivity (Wildman–Crippen MR) is 126 cm³/mol. The second-order valence-corrected chi connectivity index (χ2v) is 9.96. The van der Waals surface area contributed by atoms with Gasteiger partial charge in [0.2, 0.25) is 0 Å². The first-order chi connectivity index (χ1) is 15.7. The van der Waals surface area contributed by atoms with E-state index in [1.54, 1.807) is 36.4 Å². The maximum absolute atomic E-state index is 13.1. The van der Waals surface area contributed by atoms with Crippen LogP contribution in [0.2, 0.25) is 5.02 Å². The van der Waals surface area contributed by atoms with E-state index in [1.165, 1.54) is 18.2 Å². The van der Waals surface area contributed by atoms with Crippen LogP contribution in [0.4, 0.5) is 13.2 Å². The average Bonchev–Trinajstić information content (AvgIpc) is 3.22. The van der Waals surface area contributed by atoms with Crippen LogP contribution in [0.5, 0.6) is 0 Å². The number of nitrogens with one attached hydrogen (secondary N) is 1. The number of nitriles is 1. The van der Waals surface area contributed by atoms with Gasteiger partial charge in [-0.05, 0) is 63.1 Å². The van der Waals surface area contributed by atoms with Crippen molar-refractivity contribution >= 4 is 70.9 Å². The van der Waals surface area contributed by atoms with E-state index in [0.717, 1.165) is 0 Å². The number of benzene rings is 4. The molecular formula is C23H10BrClF3N3OS. The molecule has 0 aliphatic heterocycles.